The molecule has 5 nitrogen and oxygen atoms in total. The van der Waals surface area contributed by atoms with E-state index < -0.39 is 18.2 Å². The second-order valence-corrected chi connectivity index (χ2v) is 5.52. The third-order valence-corrected chi connectivity index (χ3v) is 3.89. The number of nitrogens with one attached hydrogen (secondary N) is 1. The Balaban J connectivity index is 1.79. The summed E-state index contributed by atoms with van der Waals surface area (Å²) in [5.74, 6) is -1.16. The summed E-state index contributed by atoms with van der Waals surface area (Å²) in [7, 11) is 0. The van der Waals surface area contributed by atoms with Crippen molar-refractivity contribution in [3.05, 3.63) is 76.4 Å². The van der Waals surface area contributed by atoms with Gasteiger partial charge in [-0.2, -0.15) is 0 Å². The summed E-state index contributed by atoms with van der Waals surface area (Å²) in [6.07, 6.45) is -1.12. The molecule has 2 aromatic rings. The Bertz CT molecular complexity index is 759. The van der Waals surface area contributed by atoms with Crippen LogP contribution in [0.4, 0.5) is 5.69 Å². The molecule has 1 unspecified atom stereocenters. The van der Waals surface area contributed by atoms with Crippen LogP contribution in [0.15, 0.2) is 70.8 Å². The van der Waals surface area contributed by atoms with E-state index in [-0.39, 0.29) is 4.48 Å². The molecule has 2 aromatic carbocycles. The molecule has 1 aliphatic heterocycles. The van der Waals surface area contributed by atoms with E-state index in [1.54, 1.807) is 30.3 Å². The Morgan fingerprint density at radius 2 is 1.65 bits per heavy atom. The van der Waals surface area contributed by atoms with Crippen LogP contribution in [0.25, 0.3) is 0 Å². The van der Waals surface area contributed by atoms with Crippen molar-refractivity contribution >= 4 is 33.6 Å². The Kier molecular flexibility index (Phi) is 4.43. The van der Waals surface area contributed by atoms with E-state index in [1.807, 2.05) is 30.3 Å². The molecule has 116 valence electrons. The van der Waals surface area contributed by atoms with E-state index in [1.165, 1.54) is 0 Å². The highest BCUT2D eigenvalue weighted by atomic mass is 79.9. The van der Waals surface area contributed by atoms with Gasteiger partial charge >= 0.3 is 11.9 Å². The second-order valence-electron chi connectivity index (χ2n) is 4.73. The monoisotopic (exact) mass is 373 g/mol. The zero-order chi connectivity index (χ0) is 16.2. The average Bonchev–Trinajstić information content (AvgIpc) is 2.84. The maximum absolute atomic E-state index is 12.1. The van der Waals surface area contributed by atoms with Crippen molar-refractivity contribution in [2.45, 2.75) is 6.29 Å². The molecule has 23 heavy (non-hydrogen) atoms. The number of anilines is 1. The minimum absolute atomic E-state index is 0.201. The molecule has 0 amide bonds. The molecule has 0 bridgehead atoms. The number of para-hydroxylation sites is 1. The summed E-state index contributed by atoms with van der Waals surface area (Å²) in [5, 5.41) is 3.04. The number of hydrogen-bond donors (Lipinski definition) is 1. The Morgan fingerprint density at radius 1 is 1.04 bits per heavy atom. The van der Waals surface area contributed by atoms with Crippen LogP contribution in [-0.2, 0) is 14.3 Å². The van der Waals surface area contributed by atoms with Gasteiger partial charge in [0, 0.05) is 5.69 Å². The van der Waals surface area contributed by atoms with Gasteiger partial charge in [-0.25, -0.2) is 9.59 Å². The van der Waals surface area contributed by atoms with Crippen molar-refractivity contribution < 1.29 is 19.1 Å². The molecule has 0 fully saturated rings. The van der Waals surface area contributed by atoms with Gasteiger partial charge in [0.05, 0.1) is 5.56 Å². The van der Waals surface area contributed by atoms with Crippen molar-refractivity contribution in [3.63, 3.8) is 0 Å². The van der Waals surface area contributed by atoms with Crippen molar-refractivity contribution in [3.8, 4) is 0 Å². The molecule has 1 aliphatic rings. The summed E-state index contributed by atoms with van der Waals surface area (Å²) in [5.41, 5.74) is 1.48. The van der Waals surface area contributed by atoms with Gasteiger partial charge in [0.15, 0.2) is 0 Å². The van der Waals surface area contributed by atoms with Gasteiger partial charge < -0.3 is 14.8 Å². The minimum atomic E-state index is -1.12. The number of ether oxygens (including phenoxy) is 2. The standard InChI is InChI=1S/C17H12BrNO4/c18-13-14(19-12-9-5-2-6-10-12)17(23-16(13)21)22-15(20)11-7-3-1-4-8-11/h1-10,17,19H. The first kappa shape index (κ1) is 15.3. The molecule has 0 saturated carbocycles. The predicted molar refractivity (Wildman–Crippen MR) is 87.8 cm³/mol. The first-order valence-electron chi connectivity index (χ1n) is 6.84. The summed E-state index contributed by atoms with van der Waals surface area (Å²) in [4.78, 5) is 23.9. The van der Waals surface area contributed by atoms with E-state index >= 15 is 0 Å². The lowest BCUT2D eigenvalue weighted by atomic mass is 10.2. The number of halogens is 1. The molecule has 6 heteroatoms. The fourth-order valence-electron chi connectivity index (χ4n) is 2.03. The number of carbonyl (C=O) groups is 2. The van der Waals surface area contributed by atoms with Crippen LogP contribution in [0, 0.1) is 0 Å². The topological polar surface area (TPSA) is 64.6 Å². The quantitative estimate of drug-likeness (QED) is 0.831. The number of esters is 2. The number of carbonyl (C=O) groups excluding carboxylic acids is 2. The molecule has 0 spiro atoms. The first-order chi connectivity index (χ1) is 11.1. The summed E-state index contributed by atoms with van der Waals surface area (Å²) < 4.78 is 10.6. The maximum Gasteiger partial charge on any atom is 0.350 e. The van der Waals surface area contributed by atoms with Crippen molar-refractivity contribution in [2.24, 2.45) is 0 Å². The van der Waals surface area contributed by atoms with Crippen LogP contribution in [-0.4, -0.2) is 18.2 Å². The highest BCUT2D eigenvalue weighted by Crippen LogP contribution is 2.29. The minimum Gasteiger partial charge on any atom is -0.415 e. The molecule has 1 N–H and O–H groups in total. The largest absolute Gasteiger partial charge is 0.415 e. The van der Waals surface area contributed by atoms with E-state index in [9.17, 15) is 9.59 Å². The number of cyclic esters (lactones) is 1. The van der Waals surface area contributed by atoms with E-state index in [2.05, 4.69) is 21.2 Å². The maximum atomic E-state index is 12.1. The van der Waals surface area contributed by atoms with Gasteiger partial charge in [-0.05, 0) is 40.2 Å². The van der Waals surface area contributed by atoms with Crippen molar-refractivity contribution in [1.82, 2.24) is 0 Å². The van der Waals surface area contributed by atoms with E-state index in [0.29, 0.717) is 11.3 Å². The molecular formula is C17H12BrNO4. The third-order valence-electron chi connectivity index (χ3n) is 3.14. The molecule has 3 rings (SSSR count). The summed E-state index contributed by atoms with van der Waals surface area (Å²) in [6.45, 7) is 0. The molecule has 0 aliphatic carbocycles. The van der Waals surface area contributed by atoms with E-state index in [0.717, 1.165) is 5.69 Å². The smallest absolute Gasteiger partial charge is 0.350 e. The SMILES string of the molecule is O=C1OC(OC(=O)c2ccccc2)C(Nc2ccccc2)=C1Br. The van der Waals surface area contributed by atoms with Crippen LogP contribution >= 0.6 is 15.9 Å². The summed E-state index contributed by atoms with van der Waals surface area (Å²) in [6, 6.07) is 17.7. The molecule has 0 saturated heterocycles. The lowest BCUT2D eigenvalue weighted by Gasteiger charge is -2.16. The van der Waals surface area contributed by atoms with E-state index in [4.69, 9.17) is 9.47 Å². The van der Waals surface area contributed by atoms with Gasteiger partial charge in [-0.1, -0.05) is 36.4 Å². The number of rotatable bonds is 4. The zero-order valence-electron chi connectivity index (χ0n) is 11.9. The van der Waals surface area contributed by atoms with Gasteiger partial charge in [-0.15, -0.1) is 0 Å². The Morgan fingerprint density at radius 3 is 2.30 bits per heavy atom. The first-order valence-corrected chi connectivity index (χ1v) is 7.63. The number of hydrogen-bond acceptors (Lipinski definition) is 5. The third kappa shape index (κ3) is 3.43. The molecule has 1 atom stereocenters. The lowest BCUT2D eigenvalue weighted by molar-refractivity contribution is -0.152. The second kappa shape index (κ2) is 6.66. The molecular weight excluding hydrogens is 362 g/mol. The number of benzene rings is 2. The fraction of sp³-hybridized carbons (Fsp3) is 0.0588. The normalized spacial score (nSPS) is 16.9. The highest BCUT2D eigenvalue weighted by Gasteiger charge is 2.36. The molecule has 0 radical (unpaired) electrons. The van der Waals surface area contributed by atoms with Gasteiger partial charge in [0.2, 0.25) is 0 Å². The van der Waals surface area contributed by atoms with Crippen LogP contribution in [0.3, 0.4) is 0 Å². The zero-order valence-corrected chi connectivity index (χ0v) is 13.4. The van der Waals surface area contributed by atoms with Crippen LogP contribution < -0.4 is 5.32 Å². The van der Waals surface area contributed by atoms with Crippen LogP contribution in [0.5, 0.6) is 0 Å². The fourth-order valence-corrected chi connectivity index (χ4v) is 2.41. The van der Waals surface area contributed by atoms with Crippen LogP contribution in [0.2, 0.25) is 0 Å². The predicted octanol–water partition coefficient (Wildman–Crippen LogP) is 3.44. The van der Waals surface area contributed by atoms with Crippen LogP contribution in [0.1, 0.15) is 10.4 Å². The van der Waals surface area contributed by atoms with Crippen molar-refractivity contribution in [2.75, 3.05) is 5.32 Å². The Labute approximate surface area is 141 Å². The van der Waals surface area contributed by atoms with Gasteiger partial charge in [-0.3, -0.25) is 0 Å². The summed E-state index contributed by atoms with van der Waals surface area (Å²) >= 11 is 3.17. The Hall–Kier alpha value is -2.60. The average molecular weight is 374 g/mol. The molecule has 0 aromatic heterocycles. The van der Waals surface area contributed by atoms with Crippen molar-refractivity contribution in [1.29, 1.82) is 0 Å². The van der Waals surface area contributed by atoms with Gasteiger partial charge in [0.25, 0.3) is 6.29 Å². The lowest BCUT2D eigenvalue weighted by Crippen LogP contribution is -2.24. The highest BCUT2D eigenvalue weighted by molar-refractivity contribution is 9.12. The molecule has 1 heterocycles. The van der Waals surface area contributed by atoms with Gasteiger partial charge in [0.1, 0.15) is 10.2 Å².